The van der Waals surface area contributed by atoms with Gasteiger partial charge in [-0.2, -0.15) is 5.10 Å². The third-order valence-corrected chi connectivity index (χ3v) is 5.98. The Morgan fingerprint density at radius 1 is 1.03 bits per heavy atom. The maximum atomic E-state index is 13.5. The van der Waals surface area contributed by atoms with Gasteiger partial charge in [0.15, 0.2) is 0 Å². The Bertz CT molecular complexity index is 1040. The van der Waals surface area contributed by atoms with Gasteiger partial charge in [-0.25, -0.2) is 4.68 Å². The van der Waals surface area contributed by atoms with E-state index >= 15 is 0 Å². The minimum atomic E-state index is 0.0510. The number of aryl methyl sites for hydroxylation is 2. The number of carbonyl (C=O) groups excluding carboxylic acids is 1. The molecule has 0 radical (unpaired) electrons. The Kier molecular flexibility index (Phi) is 5.62. The molecular weight excluding hydrogens is 374 g/mol. The largest absolute Gasteiger partial charge is 0.497 e. The van der Waals surface area contributed by atoms with Crippen molar-refractivity contribution in [3.05, 3.63) is 65.4 Å². The first-order valence-electron chi connectivity index (χ1n) is 10.6. The number of ether oxygens (including phenoxy) is 1. The third-order valence-electron chi connectivity index (χ3n) is 5.98. The summed E-state index contributed by atoms with van der Waals surface area (Å²) in [4.78, 5) is 15.5. The summed E-state index contributed by atoms with van der Waals surface area (Å²) in [6, 6.07) is 16.0. The Balaban J connectivity index is 1.79. The van der Waals surface area contributed by atoms with Crippen LogP contribution in [0.1, 0.15) is 41.4 Å². The molecule has 1 amide bonds. The van der Waals surface area contributed by atoms with Crippen molar-refractivity contribution in [2.45, 2.75) is 33.6 Å². The quantitative estimate of drug-likeness (QED) is 0.613. The highest BCUT2D eigenvalue weighted by atomic mass is 16.5. The number of hydrogen-bond donors (Lipinski definition) is 0. The molecule has 156 valence electrons. The van der Waals surface area contributed by atoms with Gasteiger partial charge in [-0.05, 0) is 80.1 Å². The maximum absolute atomic E-state index is 13.5. The van der Waals surface area contributed by atoms with Crippen molar-refractivity contribution in [3.63, 3.8) is 0 Å². The first kappa shape index (κ1) is 20.2. The second kappa shape index (κ2) is 8.34. The Hall–Kier alpha value is -3.08. The van der Waals surface area contributed by atoms with Gasteiger partial charge >= 0.3 is 0 Å². The molecule has 1 aliphatic rings. The zero-order valence-electron chi connectivity index (χ0n) is 18.2. The zero-order valence-corrected chi connectivity index (χ0v) is 18.2. The summed E-state index contributed by atoms with van der Waals surface area (Å²) in [5, 5.41) is 4.87. The fourth-order valence-electron chi connectivity index (χ4n) is 3.94. The van der Waals surface area contributed by atoms with Gasteiger partial charge in [0.05, 0.1) is 18.5 Å². The second-order valence-corrected chi connectivity index (χ2v) is 8.32. The number of amides is 1. The van der Waals surface area contributed by atoms with Crippen molar-refractivity contribution < 1.29 is 9.53 Å². The summed E-state index contributed by atoms with van der Waals surface area (Å²) in [6.45, 7) is 7.97. The van der Waals surface area contributed by atoms with Crippen molar-refractivity contribution in [2.75, 3.05) is 20.2 Å². The van der Waals surface area contributed by atoms with Crippen LogP contribution >= 0.6 is 0 Å². The summed E-state index contributed by atoms with van der Waals surface area (Å²) in [5.41, 5.74) is 5.54. The minimum Gasteiger partial charge on any atom is -0.497 e. The lowest BCUT2D eigenvalue weighted by molar-refractivity contribution is 0.0688. The van der Waals surface area contributed by atoms with E-state index in [1.54, 1.807) is 7.11 Å². The SMILES string of the molecule is COc1ccc(-c2cc(C(=O)N3CCC(C)CC3)n(-c3cc(C)ccc3C)n2)cc1. The summed E-state index contributed by atoms with van der Waals surface area (Å²) in [6.07, 6.45) is 2.10. The van der Waals surface area contributed by atoms with Crippen LogP contribution in [-0.4, -0.2) is 40.8 Å². The second-order valence-electron chi connectivity index (χ2n) is 8.32. The fraction of sp³-hybridized carbons (Fsp3) is 0.360. The van der Waals surface area contributed by atoms with Gasteiger partial charge in [-0.1, -0.05) is 19.1 Å². The van der Waals surface area contributed by atoms with Gasteiger partial charge in [-0.3, -0.25) is 4.79 Å². The molecule has 5 heteroatoms. The maximum Gasteiger partial charge on any atom is 0.272 e. The van der Waals surface area contributed by atoms with Crippen molar-refractivity contribution in [1.29, 1.82) is 0 Å². The van der Waals surface area contributed by atoms with E-state index in [4.69, 9.17) is 9.84 Å². The number of aromatic nitrogens is 2. The molecule has 30 heavy (non-hydrogen) atoms. The molecule has 3 aromatic rings. The van der Waals surface area contributed by atoms with Gasteiger partial charge in [0.25, 0.3) is 5.91 Å². The molecule has 0 atom stereocenters. The molecule has 4 rings (SSSR count). The van der Waals surface area contributed by atoms with E-state index in [-0.39, 0.29) is 5.91 Å². The predicted molar refractivity (Wildman–Crippen MR) is 119 cm³/mol. The average molecular weight is 404 g/mol. The average Bonchev–Trinajstić information content (AvgIpc) is 3.20. The fourth-order valence-corrected chi connectivity index (χ4v) is 3.94. The molecule has 0 bridgehead atoms. The number of nitrogens with zero attached hydrogens (tertiary/aromatic N) is 3. The molecule has 5 nitrogen and oxygen atoms in total. The molecule has 0 N–H and O–H groups in total. The van der Waals surface area contributed by atoms with E-state index in [1.807, 2.05) is 39.9 Å². The molecule has 1 saturated heterocycles. The molecule has 0 spiro atoms. The summed E-state index contributed by atoms with van der Waals surface area (Å²) >= 11 is 0. The van der Waals surface area contributed by atoms with Crippen LogP contribution in [-0.2, 0) is 0 Å². The highest BCUT2D eigenvalue weighted by molar-refractivity contribution is 5.94. The molecule has 2 heterocycles. The first-order valence-corrected chi connectivity index (χ1v) is 10.6. The topological polar surface area (TPSA) is 47.4 Å². The van der Waals surface area contributed by atoms with Crippen LogP contribution in [0.4, 0.5) is 0 Å². The summed E-state index contributed by atoms with van der Waals surface area (Å²) < 4.78 is 7.09. The van der Waals surface area contributed by atoms with E-state index < -0.39 is 0 Å². The van der Waals surface area contributed by atoms with Crippen LogP contribution in [0.3, 0.4) is 0 Å². The van der Waals surface area contributed by atoms with Crippen LogP contribution in [0.25, 0.3) is 16.9 Å². The van der Waals surface area contributed by atoms with E-state index in [0.29, 0.717) is 11.6 Å². The highest BCUT2D eigenvalue weighted by Crippen LogP contribution is 2.27. The van der Waals surface area contributed by atoms with E-state index in [2.05, 4.69) is 39.0 Å². The first-order chi connectivity index (χ1) is 14.5. The van der Waals surface area contributed by atoms with Crippen LogP contribution in [0, 0.1) is 19.8 Å². The molecule has 1 aliphatic heterocycles. The van der Waals surface area contributed by atoms with Gasteiger partial charge in [0, 0.05) is 18.7 Å². The number of methoxy groups -OCH3 is 1. The van der Waals surface area contributed by atoms with Gasteiger partial charge in [-0.15, -0.1) is 0 Å². The lowest BCUT2D eigenvalue weighted by Gasteiger charge is -2.30. The number of likely N-dealkylation sites (tertiary alicyclic amines) is 1. The Morgan fingerprint density at radius 2 is 1.73 bits per heavy atom. The van der Waals surface area contributed by atoms with Gasteiger partial charge in [0.1, 0.15) is 11.4 Å². The number of hydrogen-bond acceptors (Lipinski definition) is 3. The van der Waals surface area contributed by atoms with E-state index in [0.717, 1.165) is 59.8 Å². The van der Waals surface area contributed by atoms with Gasteiger partial charge < -0.3 is 9.64 Å². The van der Waals surface area contributed by atoms with E-state index in [1.165, 1.54) is 0 Å². The number of carbonyl (C=O) groups is 1. The Morgan fingerprint density at radius 3 is 2.40 bits per heavy atom. The summed E-state index contributed by atoms with van der Waals surface area (Å²) in [7, 11) is 1.65. The monoisotopic (exact) mass is 403 g/mol. The van der Waals surface area contributed by atoms with Crippen molar-refractivity contribution >= 4 is 5.91 Å². The lowest BCUT2D eigenvalue weighted by Crippen LogP contribution is -2.38. The number of piperidine rings is 1. The van der Waals surface area contributed by atoms with Gasteiger partial charge in [0.2, 0.25) is 0 Å². The molecule has 2 aromatic carbocycles. The van der Waals surface area contributed by atoms with E-state index in [9.17, 15) is 4.79 Å². The molecule has 0 unspecified atom stereocenters. The Labute approximate surface area is 178 Å². The number of rotatable bonds is 4. The smallest absolute Gasteiger partial charge is 0.272 e. The summed E-state index contributed by atoms with van der Waals surface area (Å²) in [5.74, 6) is 1.52. The number of benzene rings is 2. The minimum absolute atomic E-state index is 0.0510. The van der Waals surface area contributed by atoms with Crippen molar-refractivity contribution in [1.82, 2.24) is 14.7 Å². The molecule has 1 fully saturated rings. The van der Waals surface area contributed by atoms with Crippen LogP contribution in [0.15, 0.2) is 48.5 Å². The normalized spacial score (nSPS) is 14.7. The van der Waals surface area contributed by atoms with Crippen LogP contribution in [0.2, 0.25) is 0 Å². The zero-order chi connectivity index (χ0) is 21.3. The third kappa shape index (κ3) is 3.97. The standard InChI is InChI=1S/C25H29N3O2/c1-17-11-13-27(14-12-17)25(29)24-16-22(20-7-9-21(30-4)10-8-20)26-28(24)23-15-18(2)5-6-19(23)3/h5-10,15-17H,11-14H2,1-4H3. The lowest BCUT2D eigenvalue weighted by atomic mass is 9.99. The van der Waals surface area contributed by atoms with Crippen molar-refractivity contribution in [3.8, 4) is 22.7 Å². The molecule has 1 aromatic heterocycles. The predicted octanol–water partition coefficient (Wildman–Crippen LogP) is 5.04. The van der Waals surface area contributed by atoms with Crippen LogP contribution in [0.5, 0.6) is 5.75 Å². The highest BCUT2D eigenvalue weighted by Gasteiger charge is 2.26. The molecular formula is C25H29N3O2. The molecule has 0 saturated carbocycles. The molecule has 0 aliphatic carbocycles. The van der Waals surface area contributed by atoms with Crippen LogP contribution < -0.4 is 4.74 Å². The van der Waals surface area contributed by atoms with Crippen molar-refractivity contribution in [2.24, 2.45) is 5.92 Å².